The number of carbonyl (C=O) groups is 1. The third-order valence-corrected chi connectivity index (χ3v) is 3.04. The van der Waals surface area contributed by atoms with Gasteiger partial charge in [0.2, 0.25) is 5.90 Å². The Hall–Kier alpha value is -2.75. The molecule has 0 N–H and O–H groups in total. The van der Waals surface area contributed by atoms with Gasteiger partial charge in [0, 0.05) is 6.42 Å². The lowest BCUT2D eigenvalue weighted by Crippen LogP contribution is -2.06. The minimum Gasteiger partial charge on any atom is -0.406 e. The van der Waals surface area contributed by atoms with E-state index >= 15 is 0 Å². The average molecular weight is 281 g/mol. The van der Waals surface area contributed by atoms with Crippen molar-refractivity contribution < 1.29 is 13.9 Å². The fraction of sp³-hybridized carbons (Fsp3) is 0.0588. The van der Waals surface area contributed by atoms with E-state index in [0.717, 1.165) is 11.1 Å². The molecule has 104 valence electrons. The molecular formula is C17H12FNO2. The van der Waals surface area contributed by atoms with Crippen LogP contribution < -0.4 is 0 Å². The van der Waals surface area contributed by atoms with Crippen LogP contribution in [0.5, 0.6) is 0 Å². The van der Waals surface area contributed by atoms with Crippen LogP contribution in [-0.2, 0) is 16.0 Å². The molecule has 0 atom stereocenters. The summed E-state index contributed by atoms with van der Waals surface area (Å²) in [6.45, 7) is 0. The van der Waals surface area contributed by atoms with E-state index in [1.165, 1.54) is 12.1 Å². The molecule has 0 radical (unpaired) electrons. The predicted molar refractivity (Wildman–Crippen MR) is 78.1 cm³/mol. The van der Waals surface area contributed by atoms with Crippen LogP contribution in [0.25, 0.3) is 6.08 Å². The average Bonchev–Trinajstić information content (AvgIpc) is 2.82. The molecule has 3 nitrogen and oxygen atoms in total. The highest BCUT2D eigenvalue weighted by molar-refractivity contribution is 6.07. The van der Waals surface area contributed by atoms with Crippen LogP contribution >= 0.6 is 0 Å². The first-order valence-corrected chi connectivity index (χ1v) is 6.52. The molecule has 2 aromatic carbocycles. The number of aliphatic imine (C=N–C) groups is 1. The second-order valence-electron chi connectivity index (χ2n) is 4.64. The van der Waals surface area contributed by atoms with Crippen molar-refractivity contribution in [3.05, 3.63) is 77.2 Å². The molecule has 0 fully saturated rings. The minimum atomic E-state index is -0.462. The smallest absolute Gasteiger partial charge is 0.363 e. The maximum atomic E-state index is 12.8. The molecule has 0 bridgehead atoms. The summed E-state index contributed by atoms with van der Waals surface area (Å²) in [5.74, 6) is -0.432. The normalized spacial score (nSPS) is 16.0. The van der Waals surface area contributed by atoms with E-state index in [9.17, 15) is 9.18 Å². The Balaban J connectivity index is 1.79. The molecule has 21 heavy (non-hydrogen) atoms. The molecule has 1 aliphatic rings. The van der Waals surface area contributed by atoms with E-state index in [-0.39, 0.29) is 11.5 Å². The molecule has 0 saturated carbocycles. The molecule has 0 unspecified atom stereocenters. The summed E-state index contributed by atoms with van der Waals surface area (Å²) >= 11 is 0. The monoisotopic (exact) mass is 281 g/mol. The molecule has 3 rings (SSSR count). The first-order valence-electron chi connectivity index (χ1n) is 6.52. The number of cyclic esters (lactones) is 1. The van der Waals surface area contributed by atoms with Crippen molar-refractivity contribution in [2.75, 3.05) is 0 Å². The Morgan fingerprint density at radius 2 is 1.76 bits per heavy atom. The molecule has 0 spiro atoms. The number of rotatable bonds is 3. The fourth-order valence-corrected chi connectivity index (χ4v) is 2.01. The van der Waals surface area contributed by atoms with Gasteiger partial charge in [-0.1, -0.05) is 42.5 Å². The zero-order valence-corrected chi connectivity index (χ0v) is 11.1. The van der Waals surface area contributed by atoms with Crippen LogP contribution in [0.2, 0.25) is 0 Å². The Morgan fingerprint density at radius 3 is 2.48 bits per heavy atom. The third-order valence-electron chi connectivity index (χ3n) is 3.04. The summed E-state index contributed by atoms with van der Waals surface area (Å²) in [7, 11) is 0. The number of esters is 1. The minimum absolute atomic E-state index is 0.276. The maximum Gasteiger partial charge on any atom is 0.363 e. The molecule has 1 aliphatic heterocycles. The van der Waals surface area contributed by atoms with Crippen molar-refractivity contribution >= 4 is 17.9 Å². The summed E-state index contributed by atoms with van der Waals surface area (Å²) in [5.41, 5.74) is 2.00. The van der Waals surface area contributed by atoms with Gasteiger partial charge >= 0.3 is 5.97 Å². The highest BCUT2D eigenvalue weighted by atomic mass is 19.1. The van der Waals surface area contributed by atoms with Gasteiger partial charge in [-0.3, -0.25) is 0 Å². The van der Waals surface area contributed by atoms with Crippen molar-refractivity contribution in [2.45, 2.75) is 6.42 Å². The van der Waals surface area contributed by atoms with E-state index in [4.69, 9.17) is 4.74 Å². The maximum absolute atomic E-state index is 12.8. The summed E-state index contributed by atoms with van der Waals surface area (Å²) in [6.07, 6.45) is 2.04. The number of benzene rings is 2. The standard InChI is InChI=1S/C17H12FNO2/c18-14-8-6-13(7-9-14)11-16-19-15(17(20)21-16)10-12-4-2-1-3-5-12/h1-10H,11H2/b15-10+. The number of hydrogen-bond acceptors (Lipinski definition) is 3. The summed E-state index contributed by atoms with van der Waals surface area (Å²) < 4.78 is 18.0. The van der Waals surface area contributed by atoms with Gasteiger partial charge < -0.3 is 4.74 Å². The lowest BCUT2D eigenvalue weighted by molar-refractivity contribution is -0.130. The molecule has 2 aromatic rings. The Kier molecular flexibility index (Phi) is 3.60. The quantitative estimate of drug-likeness (QED) is 0.639. The van der Waals surface area contributed by atoms with Crippen molar-refractivity contribution in [3.63, 3.8) is 0 Å². The van der Waals surface area contributed by atoms with E-state index in [2.05, 4.69) is 4.99 Å². The SMILES string of the molecule is O=C1OC(Cc2ccc(F)cc2)=N/C1=C/c1ccccc1. The van der Waals surface area contributed by atoms with Crippen molar-refractivity contribution in [1.29, 1.82) is 0 Å². The fourth-order valence-electron chi connectivity index (χ4n) is 2.01. The van der Waals surface area contributed by atoms with Gasteiger partial charge in [0.25, 0.3) is 0 Å². The number of ether oxygens (including phenoxy) is 1. The van der Waals surface area contributed by atoms with Crippen LogP contribution in [0.15, 0.2) is 65.3 Å². The Labute approximate surface area is 121 Å². The molecule has 4 heteroatoms. The Morgan fingerprint density at radius 1 is 1.05 bits per heavy atom. The molecule has 0 saturated heterocycles. The van der Waals surface area contributed by atoms with Crippen molar-refractivity contribution in [1.82, 2.24) is 0 Å². The van der Waals surface area contributed by atoms with Crippen LogP contribution in [0.4, 0.5) is 4.39 Å². The number of halogens is 1. The molecule has 0 aromatic heterocycles. The van der Waals surface area contributed by atoms with Gasteiger partial charge in [-0.15, -0.1) is 0 Å². The number of hydrogen-bond donors (Lipinski definition) is 0. The first kappa shape index (κ1) is 13.2. The zero-order chi connectivity index (χ0) is 14.7. The van der Waals surface area contributed by atoms with Gasteiger partial charge in [-0.2, -0.15) is 0 Å². The van der Waals surface area contributed by atoms with Crippen molar-refractivity contribution in [3.8, 4) is 0 Å². The molecule has 0 amide bonds. The van der Waals surface area contributed by atoms with E-state index in [0.29, 0.717) is 12.3 Å². The van der Waals surface area contributed by atoms with Gasteiger partial charge in [0.05, 0.1) is 0 Å². The van der Waals surface area contributed by atoms with E-state index in [1.807, 2.05) is 30.3 Å². The summed E-state index contributed by atoms with van der Waals surface area (Å²) in [5, 5.41) is 0. The van der Waals surface area contributed by atoms with Crippen LogP contribution in [0.1, 0.15) is 11.1 Å². The molecular weight excluding hydrogens is 269 g/mol. The highest BCUT2D eigenvalue weighted by Gasteiger charge is 2.22. The van der Waals surface area contributed by atoms with Gasteiger partial charge in [-0.25, -0.2) is 14.2 Å². The summed E-state index contributed by atoms with van der Waals surface area (Å²) in [4.78, 5) is 16.0. The third kappa shape index (κ3) is 3.23. The summed E-state index contributed by atoms with van der Waals surface area (Å²) in [6, 6.07) is 15.5. The lowest BCUT2D eigenvalue weighted by Gasteiger charge is -1.99. The Bertz CT molecular complexity index is 718. The van der Waals surface area contributed by atoms with Gasteiger partial charge in [0.1, 0.15) is 5.82 Å². The van der Waals surface area contributed by atoms with Gasteiger partial charge in [-0.05, 0) is 29.3 Å². The molecule has 0 aliphatic carbocycles. The molecule has 1 heterocycles. The van der Waals surface area contributed by atoms with E-state index in [1.54, 1.807) is 18.2 Å². The van der Waals surface area contributed by atoms with Crippen LogP contribution in [0.3, 0.4) is 0 Å². The number of nitrogens with zero attached hydrogens (tertiary/aromatic N) is 1. The van der Waals surface area contributed by atoms with E-state index < -0.39 is 5.97 Å². The van der Waals surface area contributed by atoms with Gasteiger partial charge in [0.15, 0.2) is 5.70 Å². The zero-order valence-electron chi connectivity index (χ0n) is 11.1. The largest absolute Gasteiger partial charge is 0.406 e. The topological polar surface area (TPSA) is 38.7 Å². The predicted octanol–water partition coefficient (Wildman–Crippen LogP) is 3.36. The van der Waals surface area contributed by atoms with Crippen LogP contribution in [0, 0.1) is 5.82 Å². The van der Waals surface area contributed by atoms with Crippen LogP contribution in [-0.4, -0.2) is 11.9 Å². The second kappa shape index (κ2) is 5.71. The van der Waals surface area contributed by atoms with Crippen molar-refractivity contribution in [2.24, 2.45) is 4.99 Å². The highest BCUT2D eigenvalue weighted by Crippen LogP contribution is 2.17. The number of carbonyl (C=O) groups excluding carboxylic acids is 1. The lowest BCUT2D eigenvalue weighted by atomic mass is 10.1. The first-order chi connectivity index (χ1) is 10.2. The second-order valence-corrected chi connectivity index (χ2v) is 4.64.